The molecule has 0 radical (unpaired) electrons. The Balaban J connectivity index is 1.66. The number of anilines is 1. The zero-order valence-corrected chi connectivity index (χ0v) is 18.9. The minimum Gasteiger partial charge on any atom is -0.465 e. The van der Waals surface area contributed by atoms with Crippen LogP contribution in [0, 0.1) is 12.8 Å². The predicted molar refractivity (Wildman–Crippen MR) is 124 cm³/mol. The molecular weight excluding hydrogens is 410 g/mol. The van der Waals surface area contributed by atoms with Gasteiger partial charge in [-0.25, -0.2) is 9.78 Å². The van der Waals surface area contributed by atoms with Crippen molar-refractivity contribution < 1.29 is 14.3 Å². The highest BCUT2D eigenvalue weighted by Gasteiger charge is 2.23. The minimum absolute atomic E-state index is 0.255. The van der Waals surface area contributed by atoms with Crippen LogP contribution in [0.25, 0.3) is 10.2 Å². The lowest BCUT2D eigenvalue weighted by Gasteiger charge is -2.30. The summed E-state index contributed by atoms with van der Waals surface area (Å²) in [6.45, 7) is 7.12. The molecule has 3 aromatic rings. The van der Waals surface area contributed by atoms with Crippen LogP contribution >= 0.6 is 11.3 Å². The molecule has 0 aliphatic carbocycles. The zero-order valence-electron chi connectivity index (χ0n) is 18.1. The van der Waals surface area contributed by atoms with E-state index in [4.69, 9.17) is 9.72 Å². The number of fused-ring (bicyclic) bond motifs is 1. The summed E-state index contributed by atoms with van der Waals surface area (Å²) in [5, 5.41) is 3.69. The number of piperidine rings is 1. The average molecular weight is 438 g/mol. The first-order valence-corrected chi connectivity index (χ1v) is 11.4. The van der Waals surface area contributed by atoms with E-state index in [1.165, 1.54) is 31.3 Å². The molecule has 0 bridgehead atoms. The maximum absolute atomic E-state index is 12.9. The number of ether oxygens (including phenoxy) is 1. The van der Waals surface area contributed by atoms with E-state index in [9.17, 15) is 9.59 Å². The largest absolute Gasteiger partial charge is 0.465 e. The number of carbonyl (C=O) groups excluding carboxylic acids is 2. The Kier molecular flexibility index (Phi) is 6.34. The fraction of sp³-hybridized carbons (Fsp3) is 0.375. The van der Waals surface area contributed by atoms with Crippen molar-refractivity contribution in [1.82, 2.24) is 9.88 Å². The van der Waals surface area contributed by atoms with Crippen LogP contribution in [0.15, 0.2) is 36.4 Å². The van der Waals surface area contributed by atoms with Crippen molar-refractivity contribution >= 4 is 39.1 Å². The summed E-state index contributed by atoms with van der Waals surface area (Å²) in [6, 6.07) is 11.3. The Morgan fingerprint density at radius 1 is 1.26 bits per heavy atom. The van der Waals surface area contributed by atoms with E-state index in [1.54, 1.807) is 6.07 Å². The molecule has 31 heavy (non-hydrogen) atoms. The van der Waals surface area contributed by atoms with Gasteiger partial charge in [-0.3, -0.25) is 9.69 Å². The van der Waals surface area contributed by atoms with E-state index in [2.05, 4.69) is 17.1 Å². The Hall–Kier alpha value is -2.77. The third-order valence-electron chi connectivity index (χ3n) is 5.74. The van der Waals surface area contributed by atoms with Gasteiger partial charge in [-0.05, 0) is 56.0 Å². The van der Waals surface area contributed by atoms with Gasteiger partial charge in [-0.2, -0.15) is 0 Å². The van der Waals surface area contributed by atoms with Crippen LogP contribution in [-0.4, -0.2) is 42.0 Å². The highest BCUT2D eigenvalue weighted by atomic mass is 32.1. The molecule has 1 saturated heterocycles. The van der Waals surface area contributed by atoms with Gasteiger partial charge >= 0.3 is 5.97 Å². The summed E-state index contributed by atoms with van der Waals surface area (Å²) in [4.78, 5) is 33.7. The van der Waals surface area contributed by atoms with Crippen LogP contribution in [0.1, 0.15) is 51.1 Å². The summed E-state index contributed by atoms with van der Waals surface area (Å²) >= 11 is 1.26. The molecule has 1 aromatic carbocycles. The van der Waals surface area contributed by atoms with Crippen LogP contribution in [0.4, 0.5) is 5.69 Å². The maximum atomic E-state index is 12.9. The molecule has 1 aliphatic heterocycles. The molecule has 6 nitrogen and oxygen atoms in total. The quantitative estimate of drug-likeness (QED) is 0.576. The van der Waals surface area contributed by atoms with Crippen molar-refractivity contribution in [3.8, 4) is 0 Å². The first kappa shape index (κ1) is 21.5. The number of thiophene rings is 1. The topological polar surface area (TPSA) is 71.5 Å². The molecule has 1 N–H and O–H groups in total. The van der Waals surface area contributed by atoms with E-state index >= 15 is 0 Å². The molecule has 4 rings (SSSR count). The minimum atomic E-state index is -0.477. The van der Waals surface area contributed by atoms with Crippen molar-refractivity contribution in [1.29, 1.82) is 0 Å². The van der Waals surface area contributed by atoms with Crippen LogP contribution in [0.5, 0.6) is 0 Å². The summed E-state index contributed by atoms with van der Waals surface area (Å²) in [5.74, 6) is -0.0303. The third-order valence-corrected chi connectivity index (χ3v) is 6.82. The monoisotopic (exact) mass is 437 g/mol. The highest BCUT2D eigenvalue weighted by molar-refractivity contribution is 7.21. The molecule has 0 unspecified atom stereocenters. The number of nitrogens with zero attached hydrogens (tertiary/aromatic N) is 2. The molecule has 1 fully saturated rings. The number of esters is 1. The molecule has 2 aromatic heterocycles. The Morgan fingerprint density at radius 2 is 2.06 bits per heavy atom. The third kappa shape index (κ3) is 4.62. The van der Waals surface area contributed by atoms with E-state index < -0.39 is 5.97 Å². The lowest BCUT2D eigenvalue weighted by Crippen LogP contribution is -2.33. The number of likely N-dealkylation sites (tertiary alicyclic amines) is 1. The number of amides is 1. The van der Waals surface area contributed by atoms with Gasteiger partial charge in [0.25, 0.3) is 5.91 Å². The number of benzene rings is 1. The molecule has 3 heterocycles. The van der Waals surface area contributed by atoms with Crippen molar-refractivity contribution in [3.05, 3.63) is 58.1 Å². The molecule has 1 atom stereocenters. The van der Waals surface area contributed by atoms with Gasteiger partial charge in [-0.15, -0.1) is 11.3 Å². The predicted octanol–water partition coefficient (Wildman–Crippen LogP) is 4.88. The molecule has 0 spiro atoms. The van der Waals surface area contributed by atoms with Gasteiger partial charge < -0.3 is 10.1 Å². The lowest BCUT2D eigenvalue weighted by molar-refractivity contribution is 0.0607. The van der Waals surface area contributed by atoms with Crippen LogP contribution in [0.2, 0.25) is 0 Å². The smallest absolute Gasteiger partial charge is 0.350 e. The molecule has 1 amide bonds. The highest BCUT2D eigenvalue weighted by Crippen LogP contribution is 2.36. The van der Waals surface area contributed by atoms with E-state index in [-0.39, 0.29) is 5.91 Å². The number of nitrogens with one attached hydrogen (secondary N) is 1. The normalized spacial score (nSPS) is 16.9. The van der Waals surface area contributed by atoms with Crippen molar-refractivity contribution in [2.24, 2.45) is 5.92 Å². The number of hydrogen-bond acceptors (Lipinski definition) is 6. The molecule has 0 saturated carbocycles. The number of aromatic nitrogens is 1. The lowest BCUT2D eigenvalue weighted by atomic mass is 10.0. The van der Waals surface area contributed by atoms with Gasteiger partial charge in [0.05, 0.1) is 18.5 Å². The van der Waals surface area contributed by atoms with E-state index in [1.807, 2.05) is 37.3 Å². The standard InChI is InChI=1S/C24H27N3O3S/c1-15-7-6-12-27(13-15)14-17-10-11-19-20(21(24(29)30-3)31-23(19)25-17)26-22(28)18-9-5-4-8-16(18)2/h4-5,8-11,15H,6-7,12-14H2,1-3H3,(H,26,28)/t15-/m1/s1. The van der Waals surface area contributed by atoms with Gasteiger partial charge in [0, 0.05) is 24.0 Å². The van der Waals surface area contributed by atoms with Crippen molar-refractivity contribution in [3.63, 3.8) is 0 Å². The summed E-state index contributed by atoms with van der Waals surface area (Å²) in [7, 11) is 1.34. The molecule has 162 valence electrons. The first-order valence-electron chi connectivity index (χ1n) is 10.6. The van der Waals surface area contributed by atoms with Crippen LogP contribution in [-0.2, 0) is 11.3 Å². The Bertz CT molecular complexity index is 1120. The first-order chi connectivity index (χ1) is 15.0. The van der Waals surface area contributed by atoms with Gasteiger partial charge in [-0.1, -0.05) is 25.1 Å². The zero-order chi connectivity index (χ0) is 22.0. The summed E-state index contributed by atoms with van der Waals surface area (Å²) in [5.41, 5.74) is 2.87. The van der Waals surface area contributed by atoms with E-state index in [0.717, 1.165) is 41.1 Å². The molecular formula is C24H27N3O3S. The fourth-order valence-corrected chi connectivity index (χ4v) is 5.20. The van der Waals surface area contributed by atoms with Crippen molar-refractivity contribution in [2.45, 2.75) is 33.2 Å². The Labute approximate surface area is 186 Å². The van der Waals surface area contributed by atoms with Gasteiger partial charge in [0.1, 0.15) is 9.71 Å². The van der Waals surface area contributed by atoms with Crippen molar-refractivity contribution in [2.75, 3.05) is 25.5 Å². The second-order valence-electron chi connectivity index (χ2n) is 8.20. The SMILES string of the molecule is COC(=O)c1sc2nc(CN3CCC[C@@H](C)C3)ccc2c1NC(=O)c1ccccc1C. The number of carbonyl (C=O) groups is 2. The van der Waals surface area contributed by atoms with Crippen LogP contribution in [0.3, 0.4) is 0 Å². The van der Waals surface area contributed by atoms with Crippen LogP contribution < -0.4 is 5.32 Å². The number of pyridine rings is 1. The fourth-order valence-electron chi connectivity index (χ4n) is 4.13. The van der Waals surface area contributed by atoms with E-state index in [0.29, 0.717) is 22.0 Å². The maximum Gasteiger partial charge on any atom is 0.350 e. The number of methoxy groups -OCH3 is 1. The molecule has 7 heteroatoms. The number of aryl methyl sites for hydroxylation is 1. The second-order valence-corrected chi connectivity index (χ2v) is 9.20. The summed E-state index contributed by atoms with van der Waals surface area (Å²) in [6.07, 6.45) is 2.49. The average Bonchev–Trinajstić information content (AvgIpc) is 3.11. The number of hydrogen-bond donors (Lipinski definition) is 1. The van der Waals surface area contributed by atoms with Gasteiger partial charge in [0.15, 0.2) is 0 Å². The second kappa shape index (κ2) is 9.16. The Morgan fingerprint density at radius 3 is 2.81 bits per heavy atom. The number of rotatable bonds is 5. The van der Waals surface area contributed by atoms with Gasteiger partial charge in [0.2, 0.25) is 0 Å². The summed E-state index contributed by atoms with van der Waals surface area (Å²) < 4.78 is 4.97. The molecule has 1 aliphatic rings.